The van der Waals surface area contributed by atoms with Crippen LogP contribution in [0.25, 0.3) is 0 Å². The van der Waals surface area contributed by atoms with E-state index in [9.17, 15) is 14.4 Å². The lowest BCUT2D eigenvalue weighted by molar-refractivity contribution is -0.106. The van der Waals surface area contributed by atoms with Crippen LogP contribution in [-0.4, -0.2) is 34.9 Å². The fourth-order valence-corrected chi connectivity index (χ4v) is 2.47. The zero-order valence-electron chi connectivity index (χ0n) is 13.8. The van der Waals surface area contributed by atoms with Crippen molar-refractivity contribution in [3.63, 3.8) is 0 Å². The maximum absolute atomic E-state index is 11.9. The van der Waals surface area contributed by atoms with Crippen LogP contribution >= 0.6 is 11.8 Å². The van der Waals surface area contributed by atoms with E-state index in [-0.39, 0.29) is 0 Å². The van der Waals surface area contributed by atoms with Crippen LogP contribution in [0.1, 0.15) is 47.0 Å². The minimum absolute atomic E-state index is 0.421. The predicted molar refractivity (Wildman–Crippen MR) is 85.4 cm³/mol. The Morgan fingerprint density at radius 3 is 1.91 bits per heavy atom. The highest BCUT2D eigenvalue weighted by atomic mass is 32.2. The summed E-state index contributed by atoms with van der Waals surface area (Å²) in [6.07, 6.45) is -0.842. The smallest absolute Gasteiger partial charge is 0.414 e. The average Bonchev–Trinajstić information content (AvgIpc) is 2.30. The number of hydrogen-bond donors (Lipinski definition) is 3. The second kappa shape index (κ2) is 9.33. The van der Waals surface area contributed by atoms with Gasteiger partial charge in [-0.3, -0.25) is 0 Å². The van der Waals surface area contributed by atoms with Crippen LogP contribution in [0.2, 0.25) is 0 Å². The predicted octanol–water partition coefficient (Wildman–Crippen LogP) is 2.24. The van der Waals surface area contributed by atoms with E-state index in [1.165, 1.54) is 0 Å². The molecule has 0 atom stereocenters. The molecule has 9 nitrogen and oxygen atoms in total. The second-order valence-corrected chi connectivity index (χ2v) is 6.82. The summed E-state index contributed by atoms with van der Waals surface area (Å²) in [5, 5.41) is 0.00949. The van der Waals surface area contributed by atoms with Crippen molar-refractivity contribution in [3.8, 4) is 0 Å². The number of unbranched alkanes of at least 4 members (excludes halogenated alkanes) is 2. The molecule has 0 fully saturated rings. The van der Waals surface area contributed by atoms with Gasteiger partial charge in [-0.15, -0.1) is 0 Å². The van der Waals surface area contributed by atoms with Crippen molar-refractivity contribution < 1.29 is 28.6 Å². The molecule has 3 amide bonds. The molecule has 0 aromatic rings. The summed E-state index contributed by atoms with van der Waals surface area (Å²) in [5.41, 5.74) is 9.17. The van der Waals surface area contributed by atoms with E-state index < -0.39 is 29.1 Å². The maximum Gasteiger partial charge on any atom is 0.414 e. The molecule has 134 valence electrons. The molecule has 0 saturated heterocycles. The van der Waals surface area contributed by atoms with E-state index in [4.69, 9.17) is 25.7 Å². The van der Waals surface area contributed by atoms with E-state index in [0.717, 1.165) is 31.0 Å². The molecule has 0 aliphatic heterocycles. The highest BCUT2D eigenvalue weighted by molar-refractivity contribution is 8.00. The Morgan fingerprint density at radius 2 is 1.52 bits per heavy atom. The molecule has 0 aromatic heterocycles. The quantitative estimate of drug-likeness (QED) is 0.449. The first kappa shape index (κ1) is 21.2. The largest absolute Gasteiger partial charge is 0.444 e. The molecule has 0 aromatic carbocycles. The standard InChI is InChI=1S/C13H25N3O6S/c1-5-6-7-8-23-13(20-9(14)17,21-10(15)18)16-11(19)22-12(2,3)4/h5-8H2,1-4H3,(H2,14,17)(H2,15,18)(H,16,19). The molecule has 0 bridgehead atoms. The Kier molecular flexibility index (Phi) is 8.59. The SMILES string of the molecule is CCCCCSC(NC(=O)OC(C)(C)C)(OC(N)=O)OC(N)=O. The van der Waals surface area contributed by atoms with Gasteiger partial charge in [0.2, 0.25) is 0 Å². The topological polar surface area (TPSA) is 143 Å². The first-order valence-electron chi connectivity index (χ1n) is 7.11. The molecule has 0 heterocycles. The Balaban J connectivity index is 5.13. The van der Waals surface area contributed by atoms with Crippen LogP contribution in [0.3, 0.4) is 0 Å². The van der Waals surface area contributed by atoms with Gasteiger partial charge in [0.05, 0.1) is 0 Å². The number of nitrogens with one attached hydrogen (secondary N) is 1. The Labute approximate surface area is 139 Å². The van der Waals surface area contributed by atoms with Gasteiger partial charge >= 0.3 is 23.5 Å². The van der Waals surface area contributed by atoms with Crippen LogP contribution in [0, 0.1) is 0 Å². The number of thioether (sulfide) groups is 1. The molecular formula is C13H25N3O6S. The summed E-state index contributed by atoms with van der Waals surface area (Å²) in [5.74, 6) is 0.421. The van der Waals surface area contributed by atoms with Crippen molar-refractivity contribution in [3.05, 3.63) is 0 Å². The third kappa shape index (κ3) is 10.5. The van der Waals surface area contributed by atoms with E-state index in [2.05, 4.69) is 5.32 Å². The molecule has 5 N–H and O–H groups in total. The van der Waals surface area contributed by atoms with Crippen LogP contribution in [0.4, 0.5) is 14.4 Å². The summed E-state index contributed by atoms with van der Waals surface area (Å²) in [7, 11) is 0. The lowest BCUT2D eigenvalue weighted by Gasteiger charge is -2.31. The Hall–Kier alpha value is -1.84. The summed E-state index contributed by atoms with van der Waals surface area (Å²) in [4.78, 5) is 34.1. The number of carbonyl (C=O) groups is 3. The van der Waals surface area contributed by atoms with Gasteiger partial charge in [0.25, 0.3) is 0 Å². The molecule has 0 saturated carbocycles. The number of rotatable bonds is 8. The maximum atomic E-state index is 11.9. The van der Waals surface area contributed by atoms with E-state index >= 15 is 0 Å². The third-order valence-corrected chi connectivity index (χ3v) is 3.31. The van der Waals surface area contributed by atoms with Gasteiger partial charge in [-0.2, -0.15) is 0 Å². The van der Waals surface area contributed by atoms with Crippen molar-refractivity contribution in [2.45, 2.75) is 57.8 Å². The fraction of sp³-hybridized carbons (Fsp3) is 0.769. The second-order valence-electron chi connectivity index (χ2n) is 5.58. The van der Waals surface area contributed by atoms with Gasteiger partial charge in [0.1, 0.15) is 5.60 Å². The van der Waals surface area contributed by atoms with E-state index in [1.807, 2.05) is 6.92 Å². The van der Waals surface area contributed by atoms with E-state index in [1.54, 1.807) is 20.8 Å². The van der Waals surface area contributed by atoms with Crippen molar-refractivity contribution in [1.29, 1.82) is 0 Å². The zero-order valence-corrected chi connectivity index (χ0v) is 14.7. The molecule has 0 aliphatic carbocycles. The summed E-state index contributed by atoms with van der Waals surface area (Å²) in [6.45, 7) is 6.95. The summed E-state index contributed by atoms with van der Waals surface area (Å²) < 4.78 is 14.6. The molecule has 10 heteroatoms. The fourth-order valence-electron chi connectivity index (χ4n) is 1.42. The zero-order chi connectivity index (χ0) is 18.1. The van der Waals surface area contributed by atoms with Crippen molar-refractivity contribution in [2.24, 2.45) is 11.5 Å². The number of hydrogen-bond acceptors (Lipinski definition) is 7. The molecule has 0 unspecified atom stereocenters. The van der Waals surface area contributed by atoms with Crippen molar-refractivity contribution >= 4 is 30.0 Å². The third-order valence-electron chi connectivity index (χ3n) is 2.16. The minimum Gasteiger partial charge on any atom is -0.444 e. The monoisotopic (exact) mass is 351 g/mol. The van der Waals surface area contributed by atoms with Gasteiger partial charge < -0.3 is 25.7 Å². The average molecular weight is 351 g/mol. The summed E-state index contributed by atoms with van der Waals surface area (Å²) in [6, 6.07) is 0. The number of nitrogens with two attached hydrogens (primary N) is 2. The molecule has 23 heavy (non-hydrogen) atoms. The highest BCUT2D eigenvalue weighted by Crippen LogP contribution is 2.28. The van der Waals surface area contributed by atoms with Crippen LogP contribution < -0.4 is 16.8 Å². The first-order valence-corrected chi connectivity index (χ1v) is 8.10. The number of ether oxygens (including phenoxy) is 3. The normalized spacial score (nSPS) is 11.5. The van der Waals surface area contributed by atoms with Gasteiger partial charge in [0.15, 0.2) is 0 Å². The first-order chi connectivity index (χ1) is 10.5. The van der Waals surface area contributed by atoms with Crippen LogP contribution in [0.5, 0.6) is 0 Å². The number of alkyl carbamates (subject to hydrolysis) is 1. The highest BCUT2D eigenvalue weighted by Gasteiger charge is 2.42. The number of carbonyl (C=O) groups excluding carboxylic acids is 3. The van der Waals surface area contributed by atoms with Crippen LogP contribution in [-0.2, 0) is 14.2 Å². The molecule has 0 rings (SSSR count). The molecular weight excluding hydrogens is 326 g/mol. The van der Waals surface area contributed by atoms with Gasteiger partial charge in [-0.05, 0) is 39.0 Å². The molecule has 0 radical (unpaired) electrons. The van der Waals surface area contributed by atoms with E-state index in [0.29, 0.717) is 5.75 Å². The number of amides is 3. The lowest BCUT2D eigenvalue weighted by Crippen LogP contribution is -2.55. The molecule has 0 spiro atoms. The minimum atomic E-state index is -2.17. The lowest BCUT2D eigenvalue weighted by atomic mass is 10.2. The Bertz CT molecular complexity index is 408. The van der Waals surface area contributed by atoms with Crippen molar-refractivity contribution in [2.75, 3.05) is 5.75 Å². The van der Waals surface area contributed by atoms with Crippen molar-refractivity contribution in [1.82, 2.24) is 5.32 Å². The van der Waals surface area contributed by atoms with Gasteiger partial charge in [0, 0.05) is 5.75 Å². The number of primary amides is 2. The summed E-state index contributed by atoms with van der Waals surface area (Å²) >= 11 is 0.862. The van der Waals surface area contributed by atoms with Gasteiger partial charge in [-0.25, -0.2) is 19.7 Å². The molecule has 0 aliphatic rings. The van der Waals surface area contributed by atoms with Gasteiger partial charge in [-0.1, -0.05) is 19.8 Å². The van der Waals surface area contributed by atoms with Crippen LogP contribution in [0.15, 0.2) is 0 Å². The Morgan fingerprint density at radius 1 is 1.00 bits per heavy atom.